The number of rotatable bonds is 2. The van der Waals surface area contributed by atoms with Crippen LogP contribution >= 0.6 is 24.2 Å². The van der Waals surface area contributed by atoms with Gasteiger partial charge in [0.25, 0.3) is 0 Å². The molecule has 1 saturated heterocycles. The van der Waals surface area contributed by atoms with Crippen LogP contribution in [0.3, 0.4) is 0 Å². The van der Waals surface area contributed by atoms with Crippen LogP contribution in [0.4, 0.5) is 0 Å². The molecule has 1 N–H and O–H groups in total. The standard InChI is InChI=1S/C10H14N2S.ClH/c1-8-2-5-12-10(6-8)13-9-3-4-11-7-9;/h2,5-6,9,11H,3-4,7H2,1H3;1H/t9-;/m1./s1. The molecule has 1 atom stereocenters. The Morgan fingerprint density at radius 1 is 1.57 bits per heavy atom. The maximum Gasteiger partial charge on any atom is 0.0965 e. The third-order valence-corrected chi connectivity index (χ3v) is 3.39. The molecule has 14 heavy (non-hydrogen) atoms. The summed E-state index contributed by atoms with van der Waals surface area (Å²) in [6, 6.07) is 4.19. The third kappa shape index (κ3) is 3.15. The molecule has 0 saturated carbocycles. The second-order valence-electron chi connectivity index (χ2n) is 3.40. The Balaban J connectivity index is 0.000000980. The molecule has 0 aliphatic carbocycles. The molecule has 4 heteroatoms. The fourth-order valence-electron chi connectivity index (χ4n) is 1.47. The molecular formula is C10H15ClN2S. The van der Waals surface area contributed by atoms with Crippen molar-refractivity contribution < 1.29 is 0 Å². The van der Waals surface area contributed by atoms with Gasteiger partial charge in [0.15, 0.2) is 0 Å². The summed E-state index contributed by atoms with van der Waals surface area (Å²) in [5.74, 6) is 0. The smallest absolute Gasteiger partial charge is 0.0965 e. The van der Waals surface area contributed by atoms with Crippen molar-refractivity contribution in [2.45, 2.75) is 23.6 Å². The summed E-state index contributed by atoms with van der Waals surface area (Å²) < 4.78 is 0. The van der Waals surface area contributed by atoms with E-state index in [-0.39, 0.29) is 12.4 Å². The first-order chi connectivity index (χ1) is 6.34. The highest BCUT2D eigenvalue weighted by Crippen LogP contribution is 2.25. The van der Waals surface area contributed by atoms with Crippen LogP contribution in [0.15, 0.2) is 23.4 Å². The van der Waals surface area contributed by atoms with Crippen LogP contribution in [0.5, 0.6) is 0 Å². The first-order valence-electron chi connectivity index (χ1n) is 4.64. The molecule has 1 aliphatic rings. The minimum absolute atomic E-state index is 0. The van der Waals surface area contributed by atoms with E-state index in [0.717, 1.165) is 18.1 Å². The highest BCUT2D eigenvalue weighted by molar-refractivity contribution is 7.99. The minimum Gasteiger partial charge on any atom is -0.316 e. The highest BCUT2D eigenvalue weighted by Gasteiger charge is 2.15. The van der Waals surface area contributed by atoms with E-state index in [0.29, 0.717) is 5.25 Å². The lowest BCUT2D eigenvalue weighted by atomic mass is 10.3. The fraction of sp³-hybridized carbons (Fsp3) is 0.500. The molecule has 2 nitrogen and oxygen atoms in total. The number of pyridine rings is 1. The van der Waals surface area contributed by atoms with Crippen molar-refractivity contribution in [2.75, 3.05) is 13.1 Å². The van der Waals surface area contributed by atoms with Gasteiger partial charge in [-0.1, -0.05) is 0 Å². The molecule has 0 bridgehead atoms. The Hall–Kier alpha value is -0.250. The Labute approximate surface area is 95.3 Å². The van der Waals surface area contributed by atoms with E-state index in [4.69, 9.17) is 0 Å². The van der Waals surface area contributed by atoms with Gasteiger partial charge >= 0.3 is 0 Å². The van der Waals surface area contributed by atoms with Crippen LogP contribution in [0.2, 0.25) is 0 Å². The summed E-state index contributed by atoms with van der Waals surface area (Å²) in [4.78, 5) is 4.34. The van der Waals surface area contributed by atoms with Crippen LogP contribution in [0.1, 0.15) is 12.0 Å². The Morgan fingerprint density at radius 3 is 3.07 bits per heavy atom. The van der Waals surface area contributed by atoms with Crippen LogP contribution in [-0.2, 0) is 0 Å². The van der Waals surface area contributed by atoms with Crippen molar-refractivity contribution in [1.29, 1.82) is 0 Å². The topological polar surface area (TPSA) is 24.9 Å². The van der Waals surface area contributed by atoms with Crippen LogP contribution < -0.4 is 5.32 Å². The van der Waals surface area contributed by atoms with Gasteiger partial charge in [0.1, 0.15) is 0 Å². The number of aryl methyl sites for hydroxylation is 1. The van der Waals surface area contributed by atoms with E-state index in [9.17, 15) is 0 Å². The highest BCUT2D eigenvalue weighted by atomic mass is 35.5. The van der Waals surface area contributed by atoms with Gasteiger partial charge in [0, 0.05) is 18.0 Å². The van der Waals surface area contributed by atoms with Crippen molar-refractivity contribution >= 4 is 24.2 Å². The summed E-state index contributed by atoms with van der Waals surface area (Å²) in [6.45, 7) is 4.39. The van der Waals surface area contributed by atoms with Gasteiger partial charge in [0.05, 0.1) is 5.03 Å². The van der Waals surface area contributed by atoms with Crippen molar-refractivity contribution in [3.05, 3.63) is 23.9 Å². The van der Waals surface area contributed by atoms with Gasteiger partial charge < -0.3 is 5.32 Å². The Bertz CT molecular complexity index is 287. The van der Waals surface area contributed by atoms with E-state index in [1.165, 1.54) is 12.0 Å². The van der Waals surface area contributed by atoms with Gasteiger partial charge in [-0.2, -0.15) is 0 Å². The summed E-state index contributed by atoms with van der Waals surface area (Å²) in [6.07, 6.45) is 3.15. The Morgan fingerprint density at radius 2 is 2.43 bits per heavy atom. The molecule has 2 rings (SSSR count). The van der Waals surface area contributed by atoms with Gasteiger partial charge in [-0.15, -0.1) is 24.2 Å². The number of halogens is 1. The van der Waals surface area contributed by atoms with Crippen LogP contribution in [0, 0.1) is 6.92 Å². The molecule has 2 heterocycles. The molecular weight excluding hydrogens is 216 g/mol. The van der Waals surface area contributed by atoms with E-state index < -0.39 is 0 Å². The molecule has 1 aliphatic heterocycles. The van der Waals surface area contributed by atoms with E-state index in [1.54, 1.807) is 0 Å². The number of nitrogens with zero attached hydrogens (tertiary/aromatic N) is 1. The average Bonchev–Trinajstić information content (AvgIpc) is 2.57. The van der Waals surface area contributed by atoms with Crippen molar-refractivity contribution in [1.82, 2.24) is 10.3 Å². The summed E-state index contributed by atoms with van der Waals surface area (Å²) in [5.41, 5.74) is 1.29. The lowest BCUT2D eigenvalue weighted by molar-refractivity contribution is 0.858. The fourth-order valence-corrected chi connectivity index (χ4v) is 2.63. The average molecular weight is 231 g/mol. The maximum atomic E-state index is 4.34. The first kappa shape index (κ1) is 11.8. The molecule has 1 fully saturated rings. The second-order valence-corrected chi connectivity index (χ2v) is 4.72. The van der Waals surface area contributed by atoms with E-state index in [2.05, 4.69) is 23.3 Å². The molecule has 78 valence electrons. The number of nitrogens with one attached hydrogen (secondary N) is 1. The van der Waals surface area contributed by atoms with E-state index in [1.807, 2.05) is 24.0 Å². The Kier molecular flexibility index (Phi) is 4.72. The van der Waals surface area contributed by atoms with Crippen LogP contribution in [0.25, 0.3) is 0 Å². The lowest BCUT2D eigenvalue weighted by Gasteiger charge is -2.06. The predicted molar refractivity (Wildman–Crippen MR) is 63.4 cm³/mol. The molecule has 1 aromatic heterocycles. The van der Waals surface area contributed by atoms with Crippen molar-refractivity contribution in [3.63, 3.8) is 0 Å². The lowest BCUT2D eigenvalue weighted by Crippen LogP contribution is -2.10. The van der Waals surface area contributed by atoms with Crippen molar-refractivity contribution in [2.24, 2.45) is 0 Å². The zero-order valence-corrected chi connectivity index (χ0v) is 9.83. The van der Waals surface area contributed by atoms with Gasteiger partial charge in [-0.05, 0) is 37.6 Å². The molecule has 0 radical (unpaired) electrons. The molecule has 0 aromatic carbocycles. The minimum atomic E-state index is 0. The monoisotopic (exact) mass is 230 g/mol. The zero-order valence-electron chi connectivity index (χ0n) is 8.19. The van der Waals surface area contributed by atoms with Crippen molar-refractivity contribution in [3.8, 4) is 0 Å². The SMILES string of the molecule is Cc1ccnc(S[C@@H]2CCNC2)c1.Cl. The quantitative estimate of drug-likeness (QED) is 0.844. The second kappa shape index (κ2) is 5.59. The number of hydrogen-bond donors (Lipinski definition) is 1. The van der Waals surface area contributed by atoms with Gasteiger partial charge in [-0.25, -0.2) is 4.98 Å². The third-order valence-electron chi connectivity index (χ3n) is 2.19. The molecule has 0 amide bonds. The number of aromatic nitrogens is 1. The predicted octanol–water partition coefficient (Wildman–Crippen LogP) is 2.27. The van der Waals surface area contributed by atoms with Gasteiger partial charge in [0.2, 0.25) is 0 Å². The molecule has 0 spiro atoms. The zero-order chi connectivity index (χ0) is 9.10. The number of hydrogen-bond acceptors (Lipinski definition) is 3. The number of thioether (sulfide) groups is 1. The van der Waals surface area contributed by atoms with Gasteiger partial charge in [-0.3, -0.25) is 0 Å². The summed E-state index contributed by atoms with van der Waals surface area (Å²) >= 11 is 1.89. The normalized spacial score (nSPS) is 20.5. The van der Waals surface area contributed by atoms with Crippen LogP contribution in [-0.4, -0.2) is 23.3 Å². The largest absolute Gasteiger partial charge is 0.316 e. The maximum absolute atomic E-state index is 4.34. The molecule has 0 unspecified atom stereocenters. The molecule has 1 aromatic rings. The summed E-state index contributed by atoms with van der Waals surface area (Å²) in [5, 5.41) is 5.24. The summed E-state index contributed by atoms with van der Waals surface area (Å²) in [7, 11) is 0. The van der Waals surface area contributed by atoms with E-state index >= 15 is 0 Å². The first-order valence-corrected chi connectivity index (χ1v) is 5.52.